The number of ketones is 1. The Morgan fingerprint density at radius 3 is 2.53 bits per heavy atom. The first-order valence-electron chi connectivity index (χ1n) is 5.80. The molecule has 0 aromatic heterocycles. The summed E-state index contributed by atoms with van der Waals surface area (Å²) in [6.45, 7) is 8.86. The van der Waals surface area contributed by atoms with Gasteiger partial charge in [-0.05, 0) is 12.3 Å². The third-order valence-electron chi connectivity index (χ3n) is 2.88. The van der Waals surface area contributed by atoms with Crippen LogP contribution in [-0.2, 0) is 4.79 Å². The van der Waals surface area contributed by atoms with E-state index in [1.807, 2.05) is 23.5 Å². The molecule has 88 valence electrons. The van der Waals surface area contributed by atoms with Crippen molar-refractivity contribution < 1.29 is 4.79 Å². The van der Waals surface area contributed by atoms with Crippen LogP contribution in [0.15, 0.2) is 0 Å². The van der Waals surface area contributed by atoms with E-state index in [-0.39, 0.29) is 5.25 Å². The molecule has 0 amide bonds. The van der Waals surface area contributed by atoms with Gasteiger partial charge >= 0.3 is 0 Å². The van der Waals surface area contributed by atoms with Crippen LogP contribution in [0.5, 0.6) is 0 Å². The van der Waals surface area contributed by atoms with Crippen molar-refractivity contribution in [1.29, 1.82) is 0 Å². The molecule has 1 aliphatic rings. The van der Waals surface area contributed by atoms with Crippen LogP contribution < -0.4 is 0 Å². The third-order valence-corrected chi connectivity index (χ3v) is 6.32. The van der Waals surface area contributed by atoms with E-state index in [0.717, 1.165) is 18.6 Å². The van der Waals surface area contributed by atoms with E-state index in [1.54, 1.807) is 0 Å². The van der Waals surface area contributed by atoms with Crippen molar-refractivity contribution in [2.75, 3.05) is 5.75 Å². The SMILES string of the molecule is CC(C)CCC(=O)C1CSC(C)C(C)S1. The van der Waals surface area contributed by atoms with Gasteiger partial charge in [0.25, 0.3) is 0 Å². The highest BCUT2D eigenvalue weighted by atomic mass is 32.2. The molecule has 3 heteroatoms. The zero-order valence-electron chi connectivity index (χ0n) is 10.2. The summed E-state index contributed by atoms with van der Waals surface area (Å²) < 4.78 is 0. The highest BCUT2D eigenvalue weighted by Gasteiger charge is 2.29. The number of Topliss-reactive ketones (excluding diaryl/α,β-unsaturated/α-hetero) is 1. The van der Waals surface area contributed by atoms with E-state index >= 15 is 0 Å². The summed E-state index contributed by atoms with van der Waals surface area (Å²) in [5.74, 6) is 2.14. The lowest BCUT2D eigenvalue weighted by Crippen LogP contribution is -2.31. The zero-order valence-corrected chi connectivity index (χ0v) is 11.8. The van der Waals surface area contributed by atoms with E-state index in [0.29, 0.717) is 22.2 Å². The molecule has 15 heavy (non-hydrogen) atoms. The van der Waals surface area contributed by atoms with Gasteiger partial charge in [-0.25, -0.2) is 0 Å². The molecule has 1 fully saturated rings. The molecular formula is C12H22OS2. The van der Waals surface area contributed by atoms with Crippen LogP contribution in [0.3, 0.4) is 0 Å². The van der Waals surface area contributed by atoms with Gasteiger partial charge in [-0.3, -0.25) is 4.79 Å². The molecule has 1 rings (SSSR count). The molecule has 0 aromatic carbocycles. The minimum Gasteiger partial charge on any atom is -0.298 e. The van der Waals surface area contributed by atoms with Crippen molar-refractivity contribution in [1.82, 2.24) is 0 Å². The van der Waals surface area contributed by atoms with Crippen LogP contribution in [0.1, 0.15) is 40.5 Å². The molecule has 0 saturated carbocycles. The second-order valence-corrected chi connectivity index (χ2v) is 7.76. The normalized spacial score (nSPS) is 31.9. The van der Waals surface area contributed by atoms with Gasteiger partial charge in [0.15, 0.2) is 0 Å². The molecule has 1 aliphatic heterocycles. The summed E-state index contributed by atoms with van der Waals surface area (Å²) >= 11 is 3.84. The van der Waals surface area contributed by atoms with Gasteiger partial charge in [0.05, 0.1) is 5.25 Å². The van der Waals surface area contributed by atoms with Gasteiger partial charge in [-0.15, -0.1) is 11.8 Å². The van der Waals surface area contributed by atoms with Crippen LogP contribution in [0.2, 0.25) is 0 Å². The number of hydrogen-bond acceptors (Lipinski definition) is 3. The van der Waals surface area contributed by atoms with E-state index in [4.69, 9.17) is 0 Å². The highest BCUT2D eigenvalue weighted by molar-refractivity contribution is 8.08. The van der Waals surface area contributed by atoms with Crippen molar-refractivity contribution in [2.24, 2.45) is 5.92 Å². The minimum absolute atomic E-state index is 0.264. The Hall–Kier alpha value is 0.370. The molecule has 0 N–H and O–H groups in total. The van der Waals surface area contributed by atoms with Crippen LogP contribution in [-0.4, -0.2) is 27.3 Å². The van der Waals surface area contributed by atoms with Crippen LogP contribution in [0.25, 0.3) is 0 Å². The molecule has 0 radical (unpaired) electrons. The first-order chi connectivity index (χ1) is 7.00. The fourth-order valence-electron chi connectivity index (χ4n) is 1.54. The van der Waals surface area contributed by atoms with Gasteiger partial charge < -0.3 is 0 Å². The Morgan fingerprint density at radius 1 is 1.33 bits per heavy atom. The van der Waals surface area contributed by atoms with Crippen molar-refractivity contribution in [3.05, 3.63) is 0 Å². The van der Waals surface area contributed by atoms with E-state index in [2.05, 4.69) is 27.7 Å². The van der Waals surface area contributed by atoms with Gasteiger partial charge in [0.1, 0.15) is 5.78 Å². The smallest absolute Gasteiger partial charge is 0.146 e. The fraction of sp³-hybridized carbons (Fsp3) is 0.917. The number of hydrogen-bond donors (Lipinski definition) is 0. The Balaban J connectivity index is 2.34. The second-order valence-electron chi connectivity index (χ2n) is 4.77. The van der Waals surface area contributed by atoms with E-state index in [9.17, 15) is 4.79 Å². The topological polar surface area (TPSA) is 17.1 Å². The standard InChI is InChI=1S/C12H22OS2/c1-8(2)5-6-11(13)12-7-14-9(3)10(4)15-12/h8-10,12H,5-7H2,1-4H3. The Kier molecular flexibility index (Phi) is 5.54. The number of carbonyl (C=O) groups is 1. The molecule has 3 atom stereocenters. The molecule has 0 aliphatic carbocycles. The maximum atomic E-state index is 11.9. The molecule has 1 saturated heterocycles. The van der Waals surface area contributed by atoms with Gasteiger partial charge in [-0.1, -0.05) is 27.7 Å². The summed E-state index contributed by atoms with van der Waals surface area (Å²) in [7, 11) is 0. The summed E-state index contributed by atoms with van der Waals surface area (Å²) in [6, 6.07) is 0. The lowest BCUT2D eigenvalue weighted by Gasteiger charge is -2.30. The van der Waals surface area contributed by atoms with Crippen LogP contribution in [0, 0.1) is 5.92 Å². The summed E-state index contributed by atoms with van der Waals surface area (Å²) in [5.41, 5.74) is 0. The van der Waals surface area contributed by atoms with Crippen LogP contribution >= 0.6 is 23.5 Å². The molecule has 1 nitrogen and oxygen atoms in total. The maximum absolute atomic E-state index is 11.9. The lowest BCUT2D eigenvalue weighted by atomic mass is 10.0. The molecule has 0 aromatic rings. The molecular weight excluding hydrogens is 224 g/mol. The van der Waals surface area contributed by atoms with E-state index in [1.165, 1.54) is 0 Å². The van der Waals surface area contributed by atoms with Gasteiger partial charge in [0, 0.05) is 22.7 Å². The third kappa shape index (κ3) is 4.39. The number of thioether (sulfide) groups is 2. The largest absolute Gasteiger partial charge is 0.298 e. The average molecular weight is 246 g/mol. The average Bonchev–Trinajstić information content (AvgIpc) is 2.18. The minimum atomic E-state index is 0.264. The van der Waals surface area contributed by atoms with E-state index < -0.39 is 0 Å². The zero-order chi connectivity index (χ0) is 11.4. The van der Waals surface area contributed by atoms with Crippen LogP contribution in [0.4, 0.5) is 0 Å². The molecule has 0 bridgehead atoms. The number of carbonyl (C=O) groups excluding carboxylic acids is 1. The molecule has 3 unspecified atom stereocenters. The quantitative estimate of drug-likeness (QED) is 0.754. The summed E-state index contributed by atoms with van der Waals surface area (Å²) in [4.78, 5) is 11.9. The Labute approximate surface area is 102 Å². The number of rotatable bonds is 4. The Morgan fingerprint density at radius 2 is 2.00 bits per heavy atom. The predicted molar refractivity (Wildman–Crippen MR) is 71.8 cm³/mol. The Bertz CT molecular complexity index is 216. The lowest BCUT2D eigenvalue weighted by molar-refractivity contribution is -0.118. The molecule has 1 heterocycles. The summed E-state index contributed by atoms with van der Waals surface area (Å²) in [5, 5.41) is 1.58. The fourth-order valence-corrected chi connectivity index (χ4v) is 4.47. The first kappa shape index (κ1) is 13.4. The maximum Gasteiger partial charge on any atom is 0.146 e. The summed E-state index contributed by atoms with van der Waals surface area (Å²) in [6.07, 6.45) is 1.82. The van der Waals surface area contributed by atoms with Gasteiger partial charge in [0.2, 0.25) is 0 Å². The highest BCUT2D eigenvalue weighted by Crippen LogP contribution is 2.36. The molecule has 0 spiro atoms. The van der Waals surface area contributed by atoms with Crippen molar-refractivity contribution in [3.8, 4) is 0 Å². The first-order valence-corrected chi connectivity index (χ1v) is 7.79. The van der Waals surface area contributed by atoms with Crippen molar-refractivity contribution in [3.63, 3.8) is 0 Å². The predicted octanol–water partition coefficient (Wildman–Crippen LogP) is 3.62. The van der Waals surface area contributed by atoms with Crippen molar-refractivity contribution >= 4 is 29.3 Å². The van der Waals surface area contributed by atoms with Crippen molar-refractivity contribution in [2.45, 2.75) is 56.3 Å². The second kappa shape index (κ2) is 6.19. The monoisotopic (exact) mass is 246 g/mol. The van der Waals surface area contributed by atoms with Gasteiger partial charge in [-0.2, -0.15) is 11.8 Å².